The van der Waals surface area contributed by atoms with Gasteiger partial charge in [0.2, 0.25) is 0 Å². The lowest BCUT2D eigenvalue weighted by atomic mass is 10.1. The summed E-state index contributed by atoms with van der Waals surface area (Å²) in [6.45, 7) is 2.21. The SMILES string of the molecule is CCCCCCCCCCC(=O)OC(=O)c1ccccc1. The van der Waals surface area contributed by atoms with Crippen LogP contribution in [0, 0.1) is 0 Å². The summed E-state index contributed by atoms with van der Waals surface area (Å²) in [7, 11) is 0. The predicted octanol–water partition coefficient (Wildman–Crippen LogP) is 4.90. The molecule has 0 unspecified atom stereocenters. The van der Waals surface area contributed by atoms with Crippen LogP contribution >= 0.6 is 0 Å². The topological polar surface area (TPSA) is 43.4 Å². The van der Waals surface area contributed by atoms with Crippen molar-refractivity contribution >= 4 is 11.9 Å². The van der Waals surface area contributed by atoms with Crippen LogP contribution in [0.25, 0.3) is 0 Å². The lowest BCUT2D eigenvalue weighted by Crippen LogP contribution is -2.12. The molecule has 0 radical (unpaired) electrons. The lowest BCUT2D eigenvalue weighted by Gasteiger charge is -2.03. The molecular weight excluding hydrogens is 264 g/mol. The van der Waals surface area contributed by atoms with E-state index in [0.29, 0.717) is 12.0 Å². The maximum atomic E-state index is 11.6. The number of carbonyl (C=O) groups is 2. The van der Waals surface area contributed by atoms with Crippen LogP contribution in [0.2, 0.25) is 0 Å². The average Bonchev–Trinajstić information content (AvgIpc) is 2.50. The fourth-order valence-electron chi connectivity index (χ4n) is 2.19. The predicted molar refractivity (Wildman–Crippen MR) is 84.1 cm³/mol. The Morgan fingerprint density at radius 1 is 0.857 bits per heavy atom. The highest BCUT2D eigenvalue weighted by molar-refractivity contribution is 5.96. The molecule has 1 aromatic carbocycles. The molecule has 1 aromatic rings. The molecule has 1 rings (SSSR count). The molecular formula is C18H26O3. The Kier molecular flexibility index (Phi) is 9.18. The summed E-state index contributed by atoms with van der Waals surface area (Å²) in [5, 5.41) is 0. The van der Waals surface area contributed by atoms with Crippen LogP contribution in [-0.4, -0.2) is 11.9 Å². The fourth-order valence-corrected chi connectivity index (χ4v) is 2.19. The van der Waals surface area contributed by atoms with Gasteiger partial charge in [0.15, 0.2) is 0 Å². The molecule has 116 valence electrons. The molecule has 0 spiro atoms. The third kappa shape index (κ3) is 8.28. The monoisotopic (exact) mass is 290 g/mol. The van der Waals surface area contributed by atoms with E-state index in [2.05, 4.69) is 6.92 Å². The van der Waals surface area contributed by atoms with Crippen LogP contribution < -0.4 is 0 Å². The Hall–Kier alpha value is -1.64. The van der Waals surface area contributed by atoms with E-state index < -0.39 is 11.9 Å². The number of hydrogen-bond acceptors (Lipinski definition) is 3. The van der Waals surface area contributed by atoms with Gasteiger partial charge in [0.25, 0.3) is 0 Å². The third-order valence-corrected chi connectivity index (χ3v) is 3.45. The third-order valence-electron chi connectivity index (χ3n) is 3.45. The number of rotatable bonds is 10. The van der Waals surface area contributed by atoms with Gasteiger partial charge in [0.05, 0.1) is 5.56 Å². The van der Waals surface area contributed by atoms with E-state index in [4.69, 9.17) is 4.74 Å². The second kappa shape index (κ2) is 11.1. The highest BCUT2D eigenvalue weighted by atomic mass is 16.6. The molecule has 0 aliphatic carbocycles. The molecule has 0 atom stereocenters. The van der Waals surface area contributed by atoms with Gasteiger partial charge in [-0.1, -0.05) is 70.1 Å². The van der Waals surface area contributed by atoms with Gasteiger partial charge in [-0.25, -0.2) is 4.79 Å². The minimum Gasteiger partial charge on any atom is -0.389 e. The largest absolute Gasteiger partial charge is 0.389 e. The van der Waals surface area contributed by atoms with E-state index in [1.54, 1.807) is 24.3 Å². The highest BCUT2D eigenvalue weighted by Crippen LogP contribution is 2.10. The maximum absolute atomic E-state index is 11.6. The Balaban J connectivity index is 2.05. The molecule has 3 heteroatoms. The van der Waals surface area contributed by atoms with Crippen molar-refractivity contribution in [3.05, 3.63) is 35.9 Å². The lowest BCUT2D eigenvalue weighted by molar-refractivity contribution is -0.138. The smallest absolute Gasteiger partial charge is 0.345 e. The maximum Gasteiger partial charge on any atom is 0.345 e. The standard InChI is InChI=1S/C18H26O3/c1-2-3-4-5-6-7-8-12-15-17(19)21-18(20)16-13-10-9-11-14-16/h9-11,13-14H,2-8,12,15H2,1H3. The molecule has 3 nitrogen and oxygen atoms in total. The molecule has 0 heterocycles. The van der Waals surface area contributed by atoms with Gasteiger partial charge >= 0.3 is 11.9 Å². The quantitative estimate of drug-likeness (QED) is 0.349. The van der Waals surface area contributed by atoms with E-state index in [1.165, 1.54) is 32.1 Å². The van der Waals surface area contributed by atoms with E-state index in [0.717, 1.165) is 19.3 Å². The molecule has 0 saturated carbocycles. The van der Waals surface area contributed by atoms with Gasteiger partial charge in [-0.3, -0.25) is 4.79 Å². The summed E-state index contributed by atoms with van der Waals surface area (Å²) in [4.78, 5) is 23.2. The second-order valence-corrected chi connectivity index (χ2v) is 5.35. The first-order chi connectivity index (χ1) is 10.2. The van der Waals surface area contributed by atoms with Crippen molar-refractivity contribution in [1.82, 2.24) is 0 Å². The zero-order valence-corrected chi connectivity index (χ0v) is 13.0. The van der Waals surface area contributed by atoms with E-state index in [1.807, 2.05) is 6.07 Å². The molecule has 0 saturated heterocycles. The summed E-state index contributed by atoms with van der Waals surface area (Å²) in [6.07, 6.45) is 9.72. The normalized spacial score (nSPS) is 10.3. The molecule has 0 aliphatic rings. The Bertz CT molecular complexity index is 412. The molecule has 0 N–H and O–H groups in total. The summed E-state index contributed by atoms with van der Waals surface area (Å²) in [6, 6.07) is 8.61. The van der Waals surface area contributed by atoms with Crippen molar-refractivity contribution in [2.45, 2.75) is 64.7 Å². The highest BCUT2D eigenvalue weighted by Gasteiger charge is 2.11. The number of benzene rings is 1. The average molecular weight is 290 g/mol. The van der Waals surface area contributed by atoms with E-state index in [9.17, 15) is 9.59 Å². The number of ether oxygens (including phenoxy) is 1. The molecule has 0 bridgehead atoms. The van der Waals surface area contributed by atoms with Gasteiger partial charge in [-0.05, 0) is 18.6 Å². The molecule has 0 amide bonds. The molecule has 0 fully saturated rings. The van der Waals surface area contributed by atoms with Crippen molar-refractivity contribution in [2.24, 2.45) is 0 Å². The van der Waals surface area contributed by atoms with Gasteiger partial charge in [0, 0.05) is 6.42 Å². The van der Waals surface area contributed by atoms with Crippen LogP contribution in [0.1, 0.15) is 75.1 Å². The minimum absolute atomic E-state index is 0.327. The summed E-state index contributed by atoms with van der Waals surface area (Å²) >= 11 is 0. The summed E-state index contributed by atoms with van der Waals surface area (Å²) in [5.74, 6) is -0.977. The molecule has 0 aromatic heterocycles. The number of carbonyl (C=O) groups excluding carboxylic acids is 2. The van der Waals surface area contributed by atoms with E-state index in [-0.39, 0.29) is 0 Å². The van der Waals surface area contributed by atoms with Gasteiger partial charge in [0.1, 0.15) is 0 Å². The molecule has 21 heavy (non-hydrogen) atoms. The first kappa shape index (κ1) is 17.4. The van der Waals surface area contributed by atoms with Crippen molar-refractivity contribution < 1.29 is 14.3 Å². The van der Waals surface area contributed by atoms with Crippen molar-refractivity contribution in [3.63, 3.8) is 0 Å². The van der Waals surface area contributed by atoms with Crippen LogP contribution in [0.5, 0.6) is 0 Å². The van der Waals surface area contributed by atoms with E-state index >= 15 is 0 Å². The number of esters is 2. The van der Waals surface area contributed by atoms with Crippen LogP contribution in [0.3, 0.4) is 0 Å². The van der Waals surface area contributed by atoms with Crippen molar-refractivity contribution in [1.29, 1.82) is 0 Å². The first-order valence-electron chi connectivity index (χ1n) is 8.04. The first-order valence-corrected chi connectivity index (χ1v) is 8.04. The number of unbranched alkanes of at least 4 members (excludes halogenated alkanes) is 7. The van der Waals surface area contributed by atoms with Gasteiger partial charge in [-0.2, -0.15) is 0 Å². The Morgan fingerprint density at radius 3 is 2.05 bits per heavy atom. The fraction of sp³-hybridized carbons (Fsp3) is 0.556. The van der Waals surface area contributed by atoms with Crippen molar-refractivity contribution in [3.8, 4) is 0 Å². The van der Waals surface area contributed by atoms with Crippen LogP contribution in [0.4, 0.5) is 0 Å². The zero-order chi connectivity index (χ0) is 15.3. The summed E-state index contributed by atoms with van der Waals surface area (Å²) < 4.78 is 4.82. The Morgan fingerprint density at radius 2 is 1.43 bits per heavy atom. The van der Waals surface area contributed by atoms with Gasteiger partial charge in [-0.15, -0.1) is 0 Å². The van der Waals surface area contributed by atoms with Crippen LogP contribution in [0.15, 0.2) is 30.3 Å². The number of hydrogen-bond donors (Lipinski definition) is 0. The van der Waals surface area contributed by atoms with Crippen molar-refractivity contribution in [2.75, 3.05) is 0 Å². The summed E-state index contributed by atoms with van der Waals surface area (Å²) in [5.41, 5.74) is 0.418. The Labute approximate surface area is 127 Å². The minimum atomic E-state index is -0.555. The van der Waals surface area contributed by atoms with Crippen LogP contribution in [-0.2, 0) is 9.53 Å². The van der Waals surface area contributed by atoms with Gasteiger partial charge < -0.3 is 4.74 Å². The molecule has 0 aliphatic heterocycles. The second-order valence-electron chi connectivity index (χ2n) is 5.35. The zero-order valence-electron chi connectivity index (χ0n) is 13.0.